The molecule has 0 spiro atoms. The van der Waals surface area contributed by atoms with Crippen LogP contribution in [0.5, 0.6) is 0 Å². The summed E-state index contributed by atoms with van der Waals surface area (Å²) in [4.78, 5) is 0. The normalized spacial score (nSPS) is 23.1. The lowest BCUT2D eigenvalue weighted by Crippen LogP contribution is -2.36. The Labute approximate surface area is 126 Å². The van der Waals surface area contributed by atoms with Crippen molar-refractivity contribution in [3.05, 3.63) is 33.8 Å². The highest BCUT2D eigenvalue weighted by atomic mass is 79.9. The van der Waals surface area contributed by atoms with Crippen molar-refractivity contribution in [1.29, 1.82) is 0 Å². The highest BCUT2D eigenvalue weighted by molar-refractivity contribution is 9.10. The summed E-state index contributed by atoms with van der Waals surface area (Å²) in [7, 11) is 0. The molecule has 110 valence electrons. The van der Waals surface area contributed by atoms with Gasteiger partial charge in [0.25, 0.3) is 0 Å². The lowest BCUT2D eigenvalue weighted by molar-refractivity contribution is -0.0443. The van der Waals surface area contributed by atoms with Gasteiger partial charge in [0.15, 0.2) is 6.29 Å². The highest BCUT2D eigenvalue weighted by Gasteiger charge is 2.35. The van der Waals surface area contributed by atoms with Gasteiger partial charge in [0.05, 0.1) is 19.9 Å². The Morgan fingerprint density at radius 3 is 2.45 bits per heavy atom. The maximum Gasteiger partial charge on any atom is 0.184 e. The van der Waals surface area contributed by atoms with Crippen molar-refractivity contribution < 1.29 is 18.6 Å². The van der Waals surface area contributed by atoms with E-state index in [4.69, 9.17) is 14.2 Å². The Morgan fingerprint density at radius 1 is 1.10 bits per heavy atom. The van der Waals surface area contributed by atoms with Crippen molar-refractivity contribution in [3.63, 3.8) is 0 Å². The van der Waals surface area contributed by atoms with E-state index < -0.39 is 5.41 Å². The van der Waals surface area contributed by atoms with Crippen molar-refractivity contribution in [3.8, 4) is 0 Å². The van der Waals surface area contributed by atoms with Gasteiger partial charge in [-0.3, -0.25) is 4.39 Å². The molecule has 2 aliphatic rings. The molecule has 2 aliphatic heterocycles. The third-order valence-electron chi connectivity index (χ3n) is 4.13. The van der Waals surface area contributed by atoms with Crippen LogP contribution in [0.4, 0.5) is 4.39 Å². The molecule has 2 saturated heterocycles. The fourth-order valence-electron chi connectivity index (χ4n) is 2.87. The third-order valence-corrected chi connectivity index (χ3v) is 4.59. The Balaban J connectivity index is 1.95. The average molecular weight is 345 g/mol. The van der Waals surface area contributed by atoms with Crippen LogP contribution in [0.3, 0.4) is 0 Å². The molecule has 1 aromatic carbocycles. The van der Waals surface area contributed by atoms with Gasteiger partial charge in [-0.15, -0.1) is 0 Å². The molecule has 20 heavy (non-hydrogen) atoms. The van der Waals surface area contributed by atoms with Gasteiger partial charge in [-0.05, 0) is 36.6 Å². The van der Waals surface area contributed by atoms with Crippen LogP contribution in [0.15, 0.2) is 22.7 Å². The van der Waals surface area contributed by atoms with Gasteiger partial charge in [-0.25, -0.2) is 0 Å². The van der Waals surface area contributed by atoms with Crippen molar-refractivity contribution in [1.82, 2.24) is 0 Å². The van der Waals surface area contributed by atoms with Gasteiger partial charge in [0, 0.05) is 28.7 Å². The monoisotopic (exact) mass is 344 g/mol. The molecule has 0 atom stereocenters. The van der Waals surface area contributed by atoms with E-state index in [-0.39, 0.29) is 13.0 Å². The van der Waals surface area contributed by atoms with Crippen LogP contribution in [0.2, 0.25) is 0 Å². The van der Waals surface area contributed by atoms with E-state index in [0.29, 0.717) is 39.3 Å². The summed E-state index contributed by atoms with van der Waals surface area (Å²) in [5.74, 6) is 0. The fraction of sp³-hybridized carbons (Fsp3) is 0.600. The highest BCUT2D eigenvalue weighted by Crippen LogP contribution is 2.38. The number of benzene rings is 1. The second kappa shape index (κ2) is 6.10. The van der Waals surface area contributed by atoms with Crippen LogP contribution in [0, 0.1) is 0 Å². The minimum absolute atomic E-state index is 0.331. The number of hydrogen-bond donors (Lipinski definition) is 0. The zero-order chi connectivity index (χ0) is 14.0. The predicted molar refractivity (Wildman–Crippen MR) is 76.5 cm³/mol. The van der Waals surface area contributed by atoms with Crippen molar-refractivity contribution in [2.45, 2.75) is 24.5 Å². The van der Waals surface area contributed by atoms with Gasteiger partial charge < -0.3 is 14.2 Å². The molecule has 3 nitrogen and oxygen atoms in total. The Kier molecular flexibility index (Phi) is 4.40. The van der Waals surface area contributed by atoms with E-state index in [1.165, 1.54) is 0 Å². The van der Waals surface area contributed by atoms with E-state index >= 15 is 0 Å². The Hall–Kier alpha value is -0.490. The van der Waals surface area contributed by atoms with E-state index in [1.54, 1.807) is 0 Å². The first-order valence-electron chi connectivity index (χ1n) is 6.91. The topological polar surface area (TPSA) is 27.7 Å². The molecule has 0 aromatic heterocycles. The van der Waals surface area contributed by atoms with Gasteiger partial charge in [0.1, 0.15) is 0 Å². The Bertz CT molecular complexity index is 468. The molecule has 2 heterocycles. The molecule has 3 rings (SSSR count). The summed E-state index contributed by atoms with van der Waals surface area (Å²) in [6, 6.07) is 6.00. The average Bonchev–Trinajstić information content (AvgIpc) is 3.01. The quantitative estimate of drug-likeness (QED) is 0.839. The molecule has 0 aliphatic carbocycles. The molecule has 0 saturated carbocycles. The lowest BCUT2D eigenvalue weighted by atomic mass is 9.75. The maximum absolute atomic E-state index is 13.7. The van der Waals surface area contributed by atoms with E-state index in [2.05, 4.69) is 15.9 Å². The Morgan fingerprint density at radius 2 is 1.80 bits per heavy atom. The summed E-state index contributed by atoms with van der Waals surface area (Å²) < 4.78 is 31.1. The summed E-state index contributed by atoms with van der Waals surface area (Å²) in [5, 5.41) is 0. The maximum atomic E-state index is 13.7. The molecule has 0 bridgehead atoms. The van der Waals surface area contributed by atoms with Crippen LogP contribution >= 0.6 is 15.9 Å². The lowest BCUT2D eigenvalue weighted by Gasteiger charge is -2.35. The molecule has 1 aromatic rings. The minimum atomic E-state index is -0.435. The minimum Gasteiger partial charge on any atom is -0.381 e. The van der Waals surface area contributed by atoms with E-state index in [9.17, 15) is 4.39 Å². The van der Waals surface area contributed by atoms with Crippen LogP contribution in [0.25, 0.3) is 0 Å². The van der Waals surface area contributed by atoms with E-state index in [1.807, 2.05) is 18.2 Å². The first-order chi connectivity index (χ1) is 9.73. The molecule has 5 heteroatoms. The van der Waals surface area contributed by atoms with Gasteiger partial charge in [0.2, 0.25) is 0 Å². The number of ether oxygens (including phenoxy) is 3. The molecule has 0 unspecified atom stereocenters. The first-order valence-corrected chi connectivity index (χ1v) is 7.71. The van der Waals surface area contributed by atoms with Crippen molar-refractivity contribution >= 4 is 15.9 Å². The molecular weight excluding hydrogens is 327 g/mol. The zero-order valence-corrected chi connectivity index (χ0v) is 12.8. The molecule has 2 fully saturated rings. The second-order valence-electron chi connectivity index (χ2n) is 5.37. The van der Waals surface area contributed by atoms with E-state index in [0.717, 1.165) is 15.6 Å². The molecule has 0 N–H and O–H groups in total. The fourth-order valence-corrected chi connectivity index (χ4v) is 3.38. The van der Waals surface area contributed by atoms with Crippen LogP contribution < -0.4 is 0 Å². The van der Waals surface area contributed by atoms with Crippen molar-refractivity contribution in [2.75, 3.05) is 33.1 Å². The smallest absolute Gasteiger partial charge is 0.184 e. The SMILES string of the molecule is FCC1(c2cc(Br)cc(C3OCCO3)c2)CCOCC1. The standard InChI is InChI=1S/C15H18BrFO3/c16-13-8-11(14-19-5-6-20-14)7-12(9-13)15(10-17)1-3-18-4-2-15/h7-9,14H,1-6,10H2. The molecule has 0 radical (unpaired) electrons. The molecular formula is C15H18BrFO3. The van der Waals surface area contributed by atoms with Gasteiger partial charge in [-0.2, -0.15) is 0 Å². The largest absolute Gasteiger partial charge is 0.381 e. The zero-order valence-electron chi connectivity index (χ0n) is 11.2. The van der Waals surface area contributed by atoms with Crippen LogP contribution in [-0.4, -0.2) is 33.1 Å². The summed E-state index contributed by atoms with van der Waals surface area (Å²) in [5.41, 5.74) is 1.52. The second-order valence-corrected chi connectivity index (χ2v) is 6.29. The van der Waals surface area contributed by atoms with Crippen molar-refractivity contribution in [2.24, 2.45) is 0 Å². The number of rotatable bonds is 3. The number of hydrogen-bond acceptors (Lipinski definition) is 3. The number of alkyl halides is 1. The summed E-state index contributed by atoms with van der Waals surface area (Å²) in [6.45, 7) is 2.08. The van der Waals surface area contributed by atoms with Gasteiger partial charge >= 0.3 is 0 Å². The van der Waals surface area contributed by atoms with Gasteiger partial charge in [-0.1, -0.05) is 15.9 Å². The first kappa shape index (κ1) is 14.4. The van der Waals surface area contributed by atoms with Crippen LogP contribution in [0.1, 0.15) is 30.3 Å². The molecule has 0 amide bonds. The summed E-state index contributed by atoms with van der Waals surface area (Å²) in [6.07, 6.45) is 1.10. The number of halogens is 2. The summed E-state index contributed by atoms with van der Waals surface area (Å²) >= 11 is 3.52. The third kappa shape index (κ3) is 2.77. The van der Waals surface area contributed by atoms with Crippen LogP contribution in [-0.2, 0) is 19.6 Å². The predicted octanol–water partition coefficient (Wildman–Crippen LogP) is 3.51.